The van der Waals surface area contributed by atoms with Crippen molar-refractivity contribution in [1.29, 1.82) is 0 Å². The average molecular weight is 481 g/mol. The number of aromatic nitrogens is 4. The molecule has 2 atom stereocenters. The van der Waals surface area contributed by atoms with Crippen LogP contribution in [0.5, 0.6) is 5.75 Å². The SMILES string of the molecule is CCCCCC.COc1cc(CN2CC3CNCC3C2)ccc1Cn1ncc2nc(N)nc(N)c21. The van der Waals surface area contributed by atoms with Crippen LogP contribution < -0.4 is 21.5 Å². The lowest BCUT2D eigenvalue weighted by atomic mass is 10.0. The summed E-state index contributed by atoms with van der Waals surface area (Å²) in [4.78, 5) is 10.8. The third-order valence-electron chi connectivity index (χ3n) is 7.03. The first-order valence-electron chi connectivity index (χ1n) is 12.9. The van der Waals surface area contributed by atoms with Crippen molar-refractivity contribution in [3.05, 3.63) is 35.5 Å². The third kappa shape index (κ3) is 6.02. The second-order valence-electron chi connectivity index (χ2n) is 9.73. The number of methoxy groups -OCH3 is 1. The Morgan fingerprint density at radius 2 is 1.74 bits per heavy atom. The summed E-state index contributed by atoms with van der Waals surface area (Å²) in [5.74, 6) is 2.92. The molecule has 9 heteroatoms. The van der Waals surface area contributed by atoms with Crippen LogP contribution in [-0.2, 0) is 13.1 Å². The molecule has 3 aromatic rings. The van der Waals surface area contributed by atoms with Gasteiger partial charge in [-0.15, -0.1) is 0 Å². The van der Waals surface area contributed by atoms with Crippen LogP contribution in [0.1, 0.15) is 50.7 Å². The molecule has 9 nitrogen and oxygen atoms in total. The third-order valence-corrected chi connectivity index (χ3v) is 7.03. The molecule has 0 aliphatic carbocycles. The van der Waals surface area contributed by atoms with Crippen molar-refractivity contribution < 1.29 is 4.74 Å². The Morgan fingerprint density at radius 1 is 1.03 bits per heavy atom. The minimum absolute atomic E-state index is 0.151. The lowest BCUT2D eigenvalue weighted by Gasteiger charge is -2.18. The Bertz CT molecular complexity index is 1100. The van der Waals surface area contributed by atoms with Crippen LogP contribution in [0, 0.1) is 11.8 Å². The molecular weight excluding hydrogens is 440 g/mol. The number of nitrogen functional groups attached to an aromatic ring is 2. The molecule has 0 bridgehead atoms. The number of nitrogens with two attached hydrogens (primary N) is 2. The molecule has 0 radical (unpaired) electrons. The molecule has 2 aliphatic rings. The smallest absolute Gasteiger partial charge is 0.222 e. The quantitative estimate of drug-likeness (QED) is 0.420. The van der Waals surface area contributed by atoms with E-state index in [-0.39, 0.29) is 5.95 Å². The molecule has 2 saturated heterocycles. The summed E-state index contributed by atoms with van der Waals surface area (Å²) >= 11 is 0. The molecule has 2 fully saturated rings. The van der Waals surface area contributed by atoms with E-state index >= 15 is 0 Å². The van der Waals surface area contributed by atoms with Gasteiger partial charge in [0.1, 0.15) is 16.8 Å². The van der Waals surface area contributed by atoms with Crippen LogP contribution in [0.3, 0.4) is 0 Å². The molecule has 5 rings (SSSR count). The number of hydrogen-bond acceptors (Lipinski definition) is 8. The Kier molecular flexibility index (Phi) is 8.41. The van der Waals surface area contributed by atoms with E-state index in [0.29, 0.717) is 23.4 Å². The molecule has 1 aromatic carbocycles. The summed E-state index contributed by atoms with van der Waals surface area (Å²) in [7, 11) is 1.70. The van der Waals surface area contributed by atoms with Gasteiger partial charge in [0.2, 0.25) is 5.95 Å². The highest BCUT2D eigenvalue weighted by atomic mass is 16.5. The topological polar surface area (TPSA) is 120 Å². The average Bonchev–Trinajstić information content (AvgIpc) is 3.54. The normalized spacial score (nSPS) is 19.5. The molecule has 4 heterocycles. The van der Waals surface area contributed by atoms with Gasteiger partial charge in [0, 0.05) is 25.2 Å². The van der Waals surface area contributed by atoms with Crippen molar-refractivity contribution in [3.8, 4) is 5.75 Å². The van der Waals surface area contributed by atoms with E-state index in [1.807, 2.05) is 0 Å². The number of rotatable bonds is 8. The van der Waals surface area contributed by atoms with Crippen LogP contribution in [0.25, 0.3) is 11.0 Å². The van der Waals surface area contributed by atoms with Crippen LogP contribution in [0.4, 0.5) is 11.8 Å². The molecule has 0 saturated carbocycles. The van der Waals surface area contributed by atoms with Crippen molar-refractivity contribution in [1.82, 2.24) is 30.0 Å². The summed E-state index contributed by atoms with van der Waals surface area (Å²) in [6.45, 7) is 10.6. The van der Waals surface area contributed by atoms with Gasteiger partial charge in [0.05, 0.1) is 19.9 Å². The van der Waals surface area contributed by atoms with E-state index in [0.717, 1.165) is 42.8 Å². The van der Waals surface area contributed by atoms with Crippen molar-refractivity contribution in [2.24, 2.45) is 11.8 Å². The lowest BCUT2D eigenvalue weighted by Crippen LogP contribution is -2.25. The minimum atomic E-state index is 0.151. The van der Waals surface area contributed by atoms with Gasteiger partial charge in [-0.05, 0) is 36.6 Å². The number of benzene rings is 1. The first-order valence-corrected chi connectivity index (χ1v) is 12.9. The summed E-state index contributed by atoms with van der Waals surface area (Å²) in [5, 5.41) is 7.91. The Balaban J connectivity index is 0.000000431. The zero-order valence-corrected chi connectivity index (χ0v) is 21.3. The number of likely N-dealkylation sites (tertiary alicyclic amines) is 1. The molecule has 2 aliphatic heterocycles. The molecule has 35 heavy (non-hydrogen) atoms. The molecule has 2 unspecified atom stereocenters. The fourth-order valence-corrected chi connectivity index (χ4v) is 5.18. The van der Waals surface area contributed by atoms with Crippen molar-refractivity contribution in [3.63, 3.8) is 0 Å². The monoisotopic (exact) mass is 480 g/mol. The largest absolute Gasteiger partial charge is 0.496 e. The number of nitrogens with zero attached hydrogens (tertiary/aromatic N) is 5. The Labute approximate surface area is 208 Å². The van der Waals surface area contributed by atoms with E-state index in [9.17, 15) is 0 Å². The van der Waals surface area contributed by atoms with Gasteiger partial charge in [-0.2, -0.15) is 10.1 Å². The van der Waals surface area contributed by atoms with E-state index < -0.39 is 0 Å². The summed E-state index contributed by atoms with van der Waals surface area (Å²) in [6, 6.07) is 6.41. The maximum absolute atomic E-state index is 6.05. The number of ether oxygens (including phenoxy) is 1. The zero-order chi connectivity index (χ0) is 24.8. The summed E-state index contributed by atoms with van der Waals surface area (Å²) in [6.07, 6.45) is 7.19. The van der Waals surface area contributed by atoms with Gasteiger partial charge in [0.15, 0.2) is 5.82 Å². The number of anilines is 2. The lowest BCUT2D eigenvalue weighted by molar-refractivity contribution is 0.305. The van der Waals surface area contributed by atoms with E-state index in [4.69, 9.17) is 16.2 Å². The zero-order valence-electron chi connectivity index (χ0n) is 21.3. The van der Waals surface area contributed by atoms with Crippen LogP contribution in [-0.4, -0.2) is 57.9 Å². The standard InChI is InChI=1S/C20H26N8O.C6H14/c1-29-17-4-12(8-27-9-14-5-23-6-15(14)10-27)2-3-13(17)11-28-18-16(7-24-28)25-20(22)26-19(18)21;1-3-5-6-4-2/h2-4,7,14-15,23H,5-6,8-11H2,1H3,(H4,21,22,25,26);3-6H2,1-2H3. The highest BCUT2D eigenvalue weighted by Crippen LogP contribution is 2.29. The predicted octanol–water partition coefficient (Wildman–Crippen LogP) is 3.29. The minimum Gasteiger partial charge on any atom is -0.496 e. The maximum Gasteiger partial charge on any atom is 0.222 e. The number of unbranched alkanes of at least 4 members (excludes halogenated alkanes) is 3. The second-order valence-corrected chi connectivity index (χ2v) is 9.73. The maximum atomic E-state index is 6.05. The molecule has 0 spiro atoms. The van der Waals surface area contributed by atoms with Crippen molar-refractivity contribution >= 4 is 22.8 Å². The van der Waals surface area contributed by atoms with Gasteiger partial charge in [-0.3, -0.25) is 9.58 Å². The molecule has 190 valence electrons. The fourth-order valence-electron chi connectivity index (χ4n) is 5.18. The fraction of sp³-hybridized carbons (Fsp3) is 0.577. The first kappa shape index (κ1) is 25.2. The van der Waals surface area contributed by atoms with Crippen LogP contribution in [0.15, 0.2) is 24.4 Å². The van der Waals surface area contributed by atoms with E-state index in [1.165, 1.54) is 44.3 Å². The highest BCUT2D eigenvalue weighted by molar-refractivity contribution is 5.85. The molecule has 5 N–H and O–H groups in total. The highest BCUT2D eigenvalue weighted by Gasteiger charge is 2.35. The molecule has 0 amide bonds. The number of hydrogen-bond donors (Lipinski definition) is 3. The van der Waals surface area contributed by atoms with Gasteiger partial charge < -0.3 is 21.5 Å². The number of fused-ring (bicyclic) bond motifs is 2. The second kappa shape index (κ2) is 11.7. The van der Waals surface area contributed by atoms with Gasteiger partial charge in [-0.25, -0.2) is 4.98 Å². The van der Waals surface area contributed by atoms with E-state index in [2.05, 4.69) is 57.3 Å². The van der Waals surface area contributed by atoms with E-state index in [1.54, 1.807) is 18.0 Å². The Morgan fingerprint density at radius 3 is 2.40 bits per heavy atom. The predicted molar refractivity (Wildman–Crippen MR) is 141 cm³/mol. The van der Waals surface area contributed by atoms with Gasteiger partial charge >= 0.3 is 0 Å². The van der Waals surface area contributed by atoms with Crippen molar-refractivity contribution in [2.75, 3.05) is 44.8 Å². The summed E-state index contributed by atoms with van der Waals surface area (Å²) in [5.41, 5.74) is 15.3. The molecule has 2 aromatic heterocycles. The first-order chi connectivity index (χ1) is 17.0. The van der Waals surface area contributed by atoms with Gasteiger partial charge in [0.25, 0.3) is 0 Å². The summed E-state index contributed by atoms with van der Waals surface area (Å²) < 4.78 is 7.47. The van der Waals surface area contributed by atoms with Gasteiger partial charge in [-0.1, -0.05) is 51.7 Å². The van der Waals surface area contributed by atoms with Crippen LogP contribution in [0.2, 0.25) is 0 Å². The number of nitrogens with one attached hydrogen (secondary N) is 1. The Hall–Kier alpha value is -2.91. The van der Waals surface area contributed by atoms with Crippen LogP contribution >= 0.6 is 0 Å². The van der Waals surface area contributed by atoms with Crippen molar-refractivity contribution in [2.45, 2.75) is 52.6 Å². The molecular formula is C26H40N8O.